The standard InChI is InChI=1S/C24H33FN4O2.HI/c1-4-26-24(28(2)17-18-5-8-21(31-3)9-6-18)27-16-19-7-10-23(22(25)15-19)29-13-11-20(30)12-14-29;/h5-10,15,20,30H,4,11-14,16-17H2,1-3H3,(H,26,27);1H. The second-order valence-electron chi connectivity index (χ2n) is 7.88. The van der Waals surface area contributed by atoms with Crippen molar-refractivity contribution in [2.75, 3.05) is 38.7 Å². The number of halogens is 2. The average molecular weight is 556 g/mol. The number of methoxy groups -OCH3 is 1. The second kappa shape index (κ2) is 12.8. The molecule has 0 unspecified atom stereocenters. The predicted octanol–water partition coefficient (Wildman–Crippen LogP) is 4.01. The summed E-state index contributed by atoms with van der Waals surface area (Å²) < 4.78 is 19.9. The fourth-order valence-electron chi connectivity index (χ4n) is 3.73. The summed E-state index contributed by atoms with van der Waals surface area (Å²) in [6, 6.07) is 13.3. The highest BCUT2D eigenvalue weighted by Gasteiger charge is 2.19. The van der Waals surface area contributed by atoms with E-state index in [0.29, 0.717) is 44.7 Å². The highest BCUT2D eigenvalue weighted by Crippen LogP contribution is 2.24. The quantitative estimate of drug-likeness (QED) is 0.307. The summed E-state index contributed by atoms with van der Waals surface area (Å²) in [4.78, 5) is 8.75. The number of benzene rings is 2. The molecular weight excluding hydrogens is 522 g/mol. The molecule has 2 N–H and O–H groups in total. The van der Waals surface area contributed by atoms with E-state index in [1.165, 1.54) is 0 Å². The molecule has 2 aromatic carbocycles. The average Bonchev–Trinajstić information content (AvgIpc) is 2.78. The predicted molar refractivity (Wildman–Crippen MR) is 139 cm³/mol. The van der Waals surface area contributed by atoms with Gasteiger partial charge in [0.2, 0.25) is 0 Å². The molecule has 1 aliphatic heterocycles. The fourth-order valence-corrected chi connectivity index (χ4v) is 3.73. The summed E-state index contributed by atoms with van der Waals surface area (Å²) in [6.07, 6.45) is 1.09. The number of anilines is 1. The molecule has 1 heterocycles. The van der Waals surface area contributed by atoms with Crippen LogP contribution in [0, 0.1) is 5.82 Å². The van der Waals surface area contributed by atoms with E-state index in [2.05, 4.69) is 10.2 Å². The summed E-state index contributed by atoms with van der Waals surface area (Å²) in [5.74, 6) is 1.37. The molecule has 0 amide bonds. The van der Waals surface area contributed by atoms with Gasteiger partial charge in [-0.25, -0.2) is 9.38 Å². The lowest BCUT2D eigenvalue weighted by Gasteiger charge is -2.31. The maximum absolute atomic E-state index is 14.7. The van der Waals surface area contributed by atoms with E-state index in [0.717, 1.165) is 29.4 Å². The highest BCUT2D eigenvalue weighted by atomic mass is 127. The first-order valence-electron chi connectivity index (χ1n) is 10.8. The van der Waals surface area contributed by atoms with Crippen LogP contribution in [0.5, 0.6) is 5.75 Å². The van der Waals surface area contributed by atoms with Crippen LogP contribution in [-0.2, 0) is 13.1 Å². The van der Waals surface area contributed by atoms with Gasteiger partial charge in [-0.1, -0.05) is 18.2 Å². The number of ether oxygens (including phenoxy) is 1. The van der Waals surface area contributed by atoms with Crippen LogP contribution in [0.4, 0.5) is 10.1 Å². The molecule has 1 aliphatic rings. The van der Waals surface area contributed by atoms with Crippen LogP contribution in [0.15, 0.2) is 47.5 Å². The molecule has 0 saturated carbocycles. The molecule has 0 radical (unpaired) electrons. The van der Waals surface area contributed by atoms with Crippen LogP contribution in [0.25, 0.3) is 0 Å². The first kappa shape index (κ1) is 26.2. The molecule has 0 atom stereocenters. The normalized spacial score (nSPS) is 14.7. The van der Waals surface area contributed by atoms with Crippen molar-refractivity contribution < 1.29 is 14.2 Å². The Hall–Kier alpha value is -2.07. The summed E-state index contributed by atoms with van der Waals surface area (Å²) in [5.41, 5.74) is 2.57. The number of aliphatic hydroxyl groups is 1. The molecule has 0 spiro atoms. The van der Waals surface area contributed by atoms with Gasteiger partial charge in [0, 0.05) is 33.2 Å². The Balaban J connectivity index is 0.00000363. The molecule has 0 bridgehead atoms. The molecule has 6 nitrogen and oxygen atoms in total. The van der Waals surface area contributed by atoms with Crippen LogP contribution in [0.2, 0.25) is 0 Å². The number of nitrogens with one attached hydrogen (secondary N) is 1. The minimum Gasteiger partial charge on any atom is -0.497 e. The third-order valence-corrected chi connectivity index (χ3v) is 5.50. The molecule has 1 saturated heterocycles. The Bertz CT molecular complexity index is 871. The van der Waals surface area contributed by atoms with E-state index in [9.17, 15) is 9.50 Å². The van der Waals surface area contributed by atoms with E-state index < -0.39 is 0 Å². The van der Waals surface area contributed by atoms with Gasteiger partial charge in [0.25, 0.3) is 0 Å². The Morgan fingerprint density at radius 2 is 1.84 bits per heavy atom. The summed E-state index contributed by atoms with van der Waals surface area (Å²) in [7, 11) is 3.64. The number of nitrogens with zero attached hydrogens (tertiary/aromatic N) is 3. The minimum absolute atomic E-state index is 0. The summed E-state index contributed by atoms with van der Waals surface area (Å²) in [6.45, 7) is 5.22. The van der Waals surface area contributed by atoms with E-state index in [-0.39, 0.29) is 35.9 Å². The van der Waals surface area contributed by atoms with Crippen molar-refractivity contribution in [3.63, 3.8) is 0 Å². The zero-order valence-corrected chi connectivity index (χ0v) is 21.4. The van der Waals surface area contributed by atoms with Crippen LogP contribution < -0.4 is 15.0 Å². The molecule has 3 rings (SSSR count). The first-order chi connectivity index (χ1) is 15.0. The molecule has 0 aliphatic carbocycles. The summed E-state index contributed by atoms with van der Waals surface area (Å²) >= 11 is 0. The Morgan fingerprint density at radius 1 is 1.19 bits per heavy atom. The van der Waals surface area contributed by atoms with E-state index in [4.69, 9.17) is 9.73 Å². The van der Waals surface area contributed by atoms with Gasteiger partial charge < -0.3 is 25.0 Å². The molecule has 176 valence electrons. The van der Waals surface area contributed by atoms with Gasteiger partial charge in [-0.2, -0.15) is 0 Å². The Kier molecular flexibility index (Phi) is 10.5. The molecule has 8 heteroatoms. The van der Waals surface area contributed by atoms with Crippen molar-refractivity contribution in [1.29, 1.82) is 0 Å². The topological polar surface area (TPSA) is 60.3 Å². The number of piperidine rings is 1. The fraction of sp³-hybridized carbons (Fsp3) is 0.458. The second-order valence-corrected chi connectivity index (χ2v) is 7.88. The Labute approximate surface area is 207 Å². The van der Waals surface area contributed by atoms with Crippen LogP contribution in [-0.4, -0.2) is 55.9 Å². The van der Waals surface area contributed by atoms with Crippen LogP contribution in [0.1, 0.15) is 30.9 Å². The van der Waals surface area contributed by atoms with Crippen molar-refractivity contribution in [3.05, 3.63) is 59.4 Å². The zero-order chi connectivity index (χ0) is 22.2. The third-order valence-electron chi connectivity index (χ3n) is 5.50. The molecule has 1 fully saturated rings. The summed E-state index contributed by atoms with van der Waals surface area (Å²) in [5, 5.41) is 13.0. The smallest absolute Gasteiger partial charge is 0.194 e. The van der Waals surface area contributed by atoms with Crippen molar-refractivity contribution in [3.8, 4) is 5.75 Å². The van der Waals surface area contributed by atoms with E-state index >= 15 is 0 Å². The maximum atomic E-state index is 14.7. The molecule has 2 aromatic rings. The van der Waals surface area contributed by atoms with Gasteiger partial charge in [-0.3, -0.25) is 0 Å². The SMILES string of the molecule is CCNC(=NCc1ccc(N2CCC(O)CC2)c(F)c1)N(C)Cc1ccc(OC)cc1.I. The lowest BCUT2D eigenvalue weighted by Crippen LogP contribution is -2.38. The maximum Gasteiger partial charge on any atom is 0.194 e. The Morgan fingerprint density at radius 3 is 2.44 bits per heavy atom. The van der Waals surface area contributed by atoms with Gasteiger partial charge >= 0.3 is 0 Å². The number of rotatable bonds is 7. The van der Waals surface area contributed by atoms with Crippen LogP contribution in [0.3, 0.4) is 0 Å². The number of hydrogen-bond donors (Lipinski definition) is 2. The number of hydrogen-bond acceptors (Lipinski definition) is 4. The van der Waals surface area contributed by atoms with Gasteiger partial charge in [0.1, 0.15) is 11.6 Å². The monoisotopic (exact) mass is 556 g/mol. The van der Waals surface area contributed by atoms with Crippen molar-refractivity contribution >= 4 is 35.6 Å². The van der Waals surface area contributed by atoms with E-state index in [1.807, 2.05) is 55.3 Å². The number of aliphatic hydroxyl groups excluding tert-OH is 1. The third kappa shape index (κ3) is 7.23. The minimum atomic E-state index is -0.271. The van der Waals surface area contributed by atoms with Gasteiger partial charge in [0.15, 0.2) is 5.96 Å². The first-order valence-corrected chi connectivity index (χ1v) is 10.8. The lowest BCUT2D eigenvalue weighted by atomic mass is 10.1. The molecule has 0 aromatic heterocycles. The number of aliphatic imine (C=N–C) groups is 1. The zero-order valence-electron chi connectivity index (χ0n) is 19.1. The van der Waals surface area contributed by atoms with Crippen LogP contribution >= 0.6 is 24.0 Å². The van der Waals surface area contributed by atoms with Crippen molar-refractivity contribution in [1.82, 2.24) is 10.2 Å². The largest absolute Gasteiger partial charge is 0.497 e. The highest BCUT2D eigenvalue weighted by molar-refractivity contribution is 14.0. The number of guanidine groups is 1. The van der Waals surface area contributed by atoms with Gasteiger partial charge in [-0.05, 0) is 55.2 Å². The lowest BCUT2D eigenvalue weighted by molar-refractivity contribution is 0.145. The molecular formula is C24H34FIN4O2. The van der Waals surface area contributed by atoms with Crippen molar-refractivity contribution in [2.24, 2.45) is 4.99 Å². The van der Waals surface area contributed by atoms with Gasteiger partial charge in [-0.15, -0.1) is 24.0 Å². The molecule has 32 heavy (non-hydrogen) atoms. The van der Waals surface area contributed by atoms with Crippen molar-refractivity contribution in [2.45, 2.75) is 39.0 Å². The van der Waals surface area contributed by atoms with Gasteiger partial charge in [0.05, 0.1) is 25.4 Å². The van der Waals surface area contributed by atoms with E-state index in [1.54, 1.807) is 13.2 Å².